The van der Waals surface area contributed by atoms with Crippen LogP contribution in [-0.4, -0.2) is 15.5 Å². The minimum absolute atomic E-state index is 0.0835. The van der Waals surface area contributed by atoms with E-state index in [2.05, 4.69) is 5.32 Å². The molecule has 1 N–H and O–H groups in total. The van der Waals surface area contributed by atoms with Gasteiger partial charge in [0.1, 0.15) is 16.8 Å². The minimum atomic E-state index is -4.01. The van der Waals surface area contributed by atoms with Crippen molar-refractivity contribution in [3.05, 3.63) is 98.9 Å². The standard InChI is InChI=1S/C26H26N2O3S2/c1-18-13-19(2)25(20(3)14-18)28-26(32-17-21-9-8-10-22(15-21)31-4)24(16-27)33(29,30)23-11-6-5-7-12-23/h5-15,28H,17H2,1-4H3/b26-24+. The Morgan fingerprint density at radius 2 is 1.67 bits per heavy atom. The molecule has 0 bridgehead atoms. The molecule has 0 saturated carbocycles. The Balaban J connectivity index is 2.10. The lowest BCUT2D eigenvalue weighted by Crippen LogP contribution is -2.11. The maximum atomic E-state index is 13.4. The van der Waals surface area contributed by atoms with Gasteiger partial charge in [0.05, 0.1) is 12.0 Å². The van der Waals surface area contributed by atoms with Crippen molar-refractivity contribution in [1.29, 1.82) is 5.26 Å². The Hall–Kier alpha value is -3.21. The van der Waals surface area contributed by atoms with Gasteiger partial charge in [0.25, 0.3) is 0 Å². The van der Waals surface area contributed by atoms with Gasteiger partial charge in [-0.05, 0) is 61.7 Å². The third-order valence-corrected chi connectivity index (χ3v) is 7.99. The topological polar surface area (TPSA) is 79.2 Å². The number of nitrogens with zero attached hydrogens (tertiary/aromatic N) is 1. The van der Waals surface area contributed by atoms with Gasteiger partial charge in [-0.15, -0.1) is 11.8 Å². The Bertz CT molecular complexity index is 1300. The summed E-state index contributed by atoms with van der Waals surface area (Å²) >= 11 is 1.28. The number of methoxy groups -OCH3 is 1. The molecule has 170 valence electrons. The summed E-state index contributed by atoms with van der Waals surface area (Å²) in [6, 6.07) is 21.6. The number of allylic oxidation sites excluding steroid dienone is 1. The zero-order valence-electron chi connectivity index (χ0n) is 19.0. The lowest BCUT2D eigenvalue weighted by atomic mass is 10.1. The second kappa shape index (κ2) is 10.6. The summed E-state index contributed by atoms with van der Waals surface area (Å²) in [4.78, 5) is -0.221. The molecular formula is C26H26N2O3S2. The number of hydrogen-bond acceptors (Lipinski definition) is 6. The number of rotatable bonds is 8. The van der Waals surface area contributed by atoms with Crippen LogP contribution in [-0.2, 0) is 15.6 Å². The highest BCUT2D eigenvalue weighted by molar-refractivity contribution is 8.04. The number of ether oxygens (including phenoxy) is 1. The summed E-state index contributed by atoms with van der Waals surface area (Å²) in [6.45, 7) is 5.94. The van der Waals surface area contributed by atoms with Crippen LogP contribution in [0.15, 0.2) is 81.6 Å². The number of thioether (sulfide) groups is 1. The fourth-order valence-corrected chi connectivity index (χ4v) is 6.03. The van der Waals surface area contributed by atoms with Crippen molar-refractivity contribution < 1.29 is 13.2 Å². The number of sulfone groups is 1. The number of hydrogen-bond donors (Lipinski definition) is 1. The fraction of sp³-hybridized carbons (Fsp3) is 0.192. The van der Waals surface area contributed by atoms with Crippen LogP contribution in [0.5, 0.6) is 5.75 Å². The molecule has 0 atom stereocenters. The number of nitrogens with one attached hydrogen (secondary N) is 1. The molecule has 0 amide bonds. The third-order valence-electron chi connectivity index (χ3n) is 5.06. The van der Waals surface area contributed by atoms with Crippen LogP contribution in [0.4, 0.5) is 5.69 Å². The molecule has 0 unspecified atom stereocenters. The number of nitriles is 1. The van der Waals surface area contributed by atoms with Gasteiger partial charge in [-0.1, -0.05) is 48.0 Å². The largest absolute Gasteiger partial charge is 0.497 e. The molecule has 0 saturated heterocycles. The van der Waals surface area contributed by atoms with Crippen LogP contribution in [0.25, 0.3) is 0 Å². The molecule has 3 aromatic carbocycles. The van der Waals surface area contributed by atoms with E-state index in [0.717, 1.165) is 27.9 Å². The zero-order valence-corrected chi connectivity index (χ0v) is 20.7. The van der Waals surface area contributed by atoms with E-state index in [1.54, 1.807) is 25.3 Å². The van der Waals surface area contributed by atoms with Crippen LogP contribution in [0.3, 0.4) is 0 Å². The molecule has 0 aliphatic heterocycles. The minimum Gasteiger partial charge on any atom is -0.497 e. The van der Waals surface area contributed by atoms with E-state index >= 15 is 0 Å². The summed E-state index contributed by atoms with van der Waals surface area (Å²) in [7, 11) is -2.41. The van der Waals surface area contributed by atoms with Crippen LogP contribution in [0.2, 0.25) is 0 Å². The fourth-order valence-electron chi connectivity index (χ4n) is 3.52. The first-order valence-corrected chi connectivity index (χ1v) is 12.8. The molecule has 3 aromatic rings. The second-order valence-corrected chi connectivity index (χ2v) is 10.5. The average molecular weight is 479 g/mol. The van der Waals surface area contributed by atoms with Gasteiger partial charge in [0.15, 0.2) is 4.91 Å². The maximum Gasteiger partial charge on any atom is 0.219 e. The van der Waals surface area contributed by atoms with Gasteiger partial charge in [0, 0.05) is 11.4 Å². The van der Waals surface area contributed by atoms with E-state index in [-0.39, 0.29) is 9.80 Å². The lowest BCUT2D eigenvalue weighted by molar-refractivity contribution is 0.414. The van der Waals surface area contributed by atoms with E-state index in [1.165, 1.54) is 23.9 Å². The highest BCUT2D eigenvalue weighted by Gasteiger charge is 2.26. The molecule has 0 fully saturated rings. The van der Waals surface area contributed by atoms with E-state index in [0.29, 0.717) is 16.5 Å². The smallest absolute Gasteiger partial charge is 0.219 e. The zero-order chi connectivity index (χ0) is 24.0. The van der Waals surface area contributed by atoms with Crippen LogP contribution >= 0.6 is 11.8 Å². The Labute approximate surface area is 200 Å². The van der Waals surface area contributed by atoms with E-state index in [9.17, 15) is 13.7 Å². The van der Waals surface area contributed by atoms with E-state index < -0.39 is 9.84 Å². The first kappa shape index (κ1) is 24.4. The SMILES string of the molecule is COc1cccc(CS/C(Nc2c(C)cc(C)cc2C)=C(\C#N)S(=O)(=O)c2ccccc2)c1. The molecule has 0 aromatic heterocycles. The number of aryl methyl sites for hydroxylation is 3. The van der Waals surface area contributed by atoms with Crippen molar-refractivity contribution in [2.75, 3.05) is 12.4 Å². The molecule has 7 heteroatoms. The van der Waals surface area contributed by atoms with Crippen molar-refractivity contribution in [3.8, 4) is 11.8 Å². The monoisotopic (exact) mass is 478 g/mol. The molecule has 0 heterocycles. The molecule has 5 nitrogen and oxygen atoms in total. The highest BCUT2D eigenvalue weighted by atomic mass is 32.2. The lowest BCUT2D eigenvalue weighted by Gasteiger charge is -2.18. The number of anilines is 1. The Kier molecular flexibility index (Phi) is 7.85. The van der Waals surface area contributed by atoms with E-state index in [4.69, 9.17) is 4.74 Å². The molecule has 0 spiro atoms. The molecule has 0 radical (unpaired) electrons. The van der Waals surface area contributed by atoms with Crippen molar-refractivity contribution in [1.82, 2.24) is 0 Å². The van der Waals surface area contributed by atoms with Gasteiger partial charge < -0.3 is 10.1 Å². The van der Waals surface area contributed by atoms with Crippen molar-refractivity contribution in [2.24, 2.45) is 0 Å². The summed E-state index contributed by atoms with van der Waals surface area (Å²) in [5.41, 5.74) is 4.81. The second-order valence-electron chi connectivity index (χ2n) is 7.63. The first-order chi connectivity index (χ1) is 15.8. The summed E-state index contributed by atoms with van der Waals surface area (Å²) in [5, 5.41) is 13.5. The van der Waals surface area contributed by atoms with E-state index in [1.807, 2.05) is 63.2 Å². The van der Waals surface area contributed by atoms with Crippen LogP contribution in [0, 0.1) is 32.1 Å². The normalized spacial score (nSPS) is 12.0. The van der Waals surface area contributed by atoms with Gasteiger partial charge >= 0.3 is 0 Å². The van der Waals surface area contributed by atoms with Crippen LogP contribution < -0.4 is 10.1 Å². The predicted octanol–water partition coefficient (Wildman–Crippen LogP) is 6.13. The number of benzene rings is 3. The molecule has 3 rings (SSSR count). The van der Waals surface area contributed by atoms with Crippen molar-refractivity contribution >= 4 is 27.3 Å². The van der Waals surface area contributed by atoms with Gasteiger partial charge in [-0.25, -0.2) is 8.42 Å². The third kappa shape index (κ3) is 5.78. The first-order valence-electron chi connectivity index (χ1n) is 10.3. The van der Waals surface area contributed by atoms with Gasteiger partial charge in [-0.2, -0.15) is 5.26 Å². The summed E-state index contributed by atoms with van der Waals surface area (Å²) < 4.78 is 32.0. The predicted molar refractivity (Wildman–Crippen MR) is 135 cm³/mol. The van der Waals surface area contributed by atoms with Gasteiger partial charge in [0.2, 0.25) is 9.84 Å². The highest BCUT2D eigenvalue weighted by Crippen LogP contribution is 2.34. The van der Waals surface area contributed by atoms with Crippen LogP contribution in [0.1, 0.15) is 22.3 Å². The molecule has 33 heavy (non-hydrogen) atoms. The Morgan fingerprint density at radius 3 is 2.27 bits per heavy atom. The van der Waals surface area contributed by atoms with Crippen molar-refractivity contribution in [2.45, 2.75) is 31.4 Å². The quantitative estimate of drug-likeness (QED) is 0.392. The molecule has 0 aliphatic carbocycles. The van der Waals surface area contributed by atoms with Crippen molar-refractivity contribution in [3.63, 3.8) is 0 Å². The Morgan fingerprint density at radius 1 is 1.00 bits per heavy atom. The summed E-state index contributed by atoms with van der Waals surface area (Å²) in [5.74, 6) is 1.17. The average Bonchev–Trinajstić information content (AvgIpc) is 2.80. The molecular weight excluding hydrogens is 452 g/mol. The summed E-state index contributed by atoms with van der Waals surface area (Å²) in [6.07, 6.45) is 0. The molecule has 0 aliphatic rings. The maximum absolute atomic E-state index is 13.4. The van der Waals surface area contributed by atoms with Gasteiger partial charge in [-0.3, -0.25) is 0 Å².